The molecule has 0 heterocycles. The Morgan fingerprint density at radius 2 is 1.79 bits per heavy atom. The molecule has 1 aliphatic rings. The van der Waals surface area contributed by atoms with Crippen LogP contribution >= 0.6 is 0 Å². The molecule has 0 aliphatic heterocycles. The predicted octanol–water partition coefficient (Wildman–Crippen LogP) is 7.50. The van der Waals surface area contributed by atoms with Gasteiger partial charge in [-0.1, -0.05) is 76.1 Å². The van der Waals surface area contributed by atoms with Gasteiger partial charge in [0, 0.05) is 6.08 Å². The van der Waals surface area contributed by atoms with E-state index in [4.69, 9.17) is 4.74 Å². The summed E-state index contributed by atoms with van der Waals surface area (Å²) in [7, 11) is 0. The first-order valence-corrected chi connectivity index (χ1v) is 10.4. The highest BCUT2D eigenvalue weighted by atomic mass is 16.5. The highest BCUT2D eigenvalue weighted by molar-refractivity contribution is 5.83. The molecule has 0 amide bonds. The van der Waals surface area contributed by atoms with Crippen LogP contribution in [0.15, 0.2) is 58.7 Å². The molecule has 2 nitrogen and oxygen atoms in total. The molecule has 1 aliphatic carbocycles. The van der Waals surface area contributed by atoms with E-state index in [2.05, 4.69) is 66.7 Å². The predicted molar refractivity (Wildman–Crippen MR) is 121 cm³/mol. The second-order valence-corrected chi connectivity index (χ2v) is 9.87. The van der Waals surface area contributed by atoms with Crippen molar-refractivity contribution in [2.75, 3.05) is 0 Å². The molecule has 28 heavy (non-hydrogen) atoms. The van der Waals surface area contributed by atoms with Gasteiger partial charge in [0.25, 0.3) is 0 Å². The van der Waals surface area contributed by atoms with E-state index in [1.54, 1.807) is 6.08 Å². The van der Waals surface area contributed by atoms with Gasteiger partial charge in [0.05, 0.1) is 0 Å². The van der Waals surface area contributed by atoms with Crippen LogP contribution in [0.3, 0.4) is 0 Å². The van der Waals surface area contributed by atoms with Gasteiger partial charge in [-0.3, -0.25) is 0 Å². The Balaban J connectivity index is 2.71. The summed E-state index contributed by atoms with van der Waals surface area (Å²) in [5.74, 6) is -0.285. The molecule has 0 saturated carbocycles. The summed E-state index contributed by atoms with van der Waals surface area (Å²) < 4.78 is 5.47. The van der Waals surface area contributed by atoms with Crippen LogP contribution in [0.5, 0.6) is 0 Å². The highest BCUT2D eigenvalue weighted by Crippen LogP contribution is 2.40. The zero-order valence-corrected chi connectivity index (χ0v) is 19.5. The second kappa shape index (κ2) is 10.1. The molecular formula is C26H40O2. The number of hydrogen-bond acceptors (Lipinski definition) is 2. The summed E-state index contributed by atoms with van der Waals surface area (Å²) in [6.45, 7) is 19.1. The van der Waals surface area contributed by atoms with Crippen LogP contribution in [0.4, 0.5) is 0 Å². The second-order valence-electron chi connectivity index (χ2n) is 9.87. The lowest BCUT2D eigenvalue weighted by Gasteiger charge is -2.32. The lowest BCUT2D eigenvalue weighted by molar-refractivity contribution is -0.147. The molecule has 2 heteroatoms. The molecule has 0 aromatic rings. The van der Waals surface area contributed by atoms with Crippen molar-refractivity contribution in [2.24, 2.45) is 10.8 Å². The Hall–Kier alpha value is -1.83. The van der Waals surface area contributed by atoms with Crippen LogP contribution in [-0.4, -0.2) is 12.1 Å². The van der Waals surface area contributed by atoms with E-state index in [-0.39, 0.29) is 22.9 Å². The van der Waals surface area contributed by atoms with Crippen LogP contribution < -0.4 is 0 Å². The fourth-order valence-electron chi connectivity index (χ4n) is 3.25. The van der Waals surface area contributed by atoms with Gasteiger partial charge in [0.2, 0.25) is 0 Å². The Morgan fingerprint density at radius 3 is 2.36 bits per heavy atom. The average molecular weight is 385 g/mol. The van der Waals surface area contributed by atoms with E-state index in [1.807, 2.05) is 26.0 Å². The third kappa shape index (κ3) is 8.04. The molecule has 0 spiro atoms. The third-order valence-electron chi connectivity index (χ3n) is 5.63. The van der Waals surface area contributed by atoms with Gasteiger partial charge < -0.3 is 4.74 Å². The van der Waals surface area contributed by atoms with Crippen LogP contribution in [0.1, 0.15) is 81.6 Å². The van der Waals surface area contributed by atoms with Crippen LogP contribution in [-0.2, 0) is 9.53 Å². The van der Waals surface area contributed by atoms with Crippen molar-refractivity contribution >= 4 is 5.97 Å². The molecule has 0 radical (unpaired) electrons. The van der Waals surface area contributed by atoms with E-state index in [9.17, 15) is 4.79 Å². The summed E-state index contributed by atoms with van der Waals surface area (Å²) >= 11 is 0. The third-order valence-corrected chi connectivity index (χ3v) is 5.63. The zero-order chi connectivity index (χ0) is 21.5. The number of esters is 1. The normalized spacial score (nSPS) is 20.2. The first kappa shape index (κ1) is 24.2. The highest BCUT2D eigenvalue weighted by Gasteiger charge is 2.26. The summed E-state index contributed by atoms with van der Waals surface area (Å²) in [6.07, 6.45) is 15.6. The summed E-state index contributed by atoms with van der Waals surface area (Å²) in [5.41, 5.74) is 5.26. The Labute approximate surface area is 173 Å². The van der Waals surface area contributed by atoms with Gasteiger partial charge in [0.15, 0.2) is 0 Å². The summed E-state index contributed by atoms with van der Waals surface area (Å²) in [5, 5.41) is 0. The van der Waals surface area contributed by atoms with Gasteiger partial charge >= 0.3 is 5.97 Å². The first-order valence-electron chi connectivity index (χ1n) is 10.4. The molecule has 0 fully saturated rings. The Kier molecular flexibility index (Phi) is 8.73. The minimum atomic E-state index is -0.285. The average Bonchev–Trinajstić information content (AvgIpc) is 2.52. The fourth-order valence-corrected chi connectivity index (χ4v) is 3.25. The maximum absolute atomic E-state index is 12.0. The van der Waals surface area contributed by atoms with E-state index in [1.165, 1.54) is 36.0 Å². The molecule has 0 saturated heterocycles. The lowest BCUT2D eigenvalue weighted by Crippen LogP contribution is -2.28. The number of carbonyl (C=O) groups excluding carboxylic acids is 1. The van der Waals surface area contributed by atoms with Crippen molar-refractivity contribution in [3.05, 3.63) is 58.7 Å². The number of allylic oxidation sites excluding steroid dienone is 9. The molecule has 1 unspecified atom stereocenters. The molecule has 0 aromatic heterocycles. The van der Waals surface area contributed by atoms with Crippen molar-refractivity contribution in [3.8, 4) is 0 Å². The number of hydrogen-bond donors (Lipinski definition) is 0. The fraction of sp³-hybridized carbons (Fsp3) is 0.577. The SMILES string of the molecule is CC1=C(/C=C/C(C)=C\C=C\C(C)=C\C(=O)OC(C)C(C)(C)C)C(C)(C)CCC1. The largest absolute Gasteiger partial charge is 0.459 e. The number of carbonyl (C=O) groups is 1. The molecule has 0 bridgehead atoms. The first-order chi connectivity index (χ1) is 12.8. The van der Waals surface area contributed by atoms with Crippen molar-refractivity contribution in [3.63, 3.8) is 0 Å². The molecule has 1 rings (SSSR count). The van der Waals surface area contributed by atoms with Crippen molar-refractivity contribution in [1.29, 1.82) is 0 Å². The Bertz CT molecular complexity index is 703. The van der Waals surface area contributed by atoms with E-state index in [0.29, 0.717) is 0 Å². The van der Waals surface area contributed by atoms with Crippen molar-refractivity contribution in [2.45, 2.75) is 87.7 Å². The minimum absolute atomic E-state index is 0.0554. The van der Waals surface area contributed by atoms with Crippen molar-refractivity contribution in [1.82, 2.24) is 0 Å². The number of ether oxygens (including phenoxy) is 1. The van der Waals surface area contributed by atoms with Crippen LogP contribution in [0.2, 0.25) is 0 Å². The topological polar surface area (TPSA) is 26.3 Å². The maximum atomic E-state index is 12.0. The molecule has 0 N–H and O–H groups in total. The zero-order valence-electron chi connectivity index (χ0n) is 19.5. The van der Waals surface area contributed by atoms with E-state index in [0.717, 1.165) is 5.57 Å². The molecular weight excluding hydrogens is 344 g/mol. The lowest BCUT2D eigenvalue weighted by atomic mass is 9.72. The molecule has 0 aromatic carbocycles. The minimum Gasteiger partial charge on any atom is -0.459 e. The number of rotatable bonds is 6. The molecule has 156 valence electrons. The quantitative estimate of drug-likeness (QED) is 0.269. The summed E-state index contributed by atoms with van der Waals surface area (Å²) in [4.78, 5) is 12.0. The van der Waals surface area contributed by atoms with Gasteiger partial charge in [-0.15, -0.1) is 0 Å². The van der Waals surface area contributed by atoms with Gasteiger partial charge in [0.1, 0.15) is 6.10 Å². The monoisotopic (exact) mass is 384 g/mol. The van der Waals surface area contributed by atoms with E-state index < -0.39 is 0 Å². The molecule has 1 atom stereocenters. The van der Waals surface area contributed by atoms with Crippen LogP contribution in [0, 0.1) is 10.8 Å². The summed E-state index contributed by atoms with van der Waals surface area (Å²) in [6, 6.07) is 0. The van der Waals surface area contributed by atoms with Gasteiger partial charge in [-0.05, 0) is 68.9 Å². The Morgan fingerprint density at radius 1 is 1.14 bits per heavy atom. The maximum Gasteiger partial charge on any atom is 0.331 e. The van der Waals surface area contributed by atoms with Gasteiger partial charge in [-0.25, -0.2) is 4.79 Å². The van der Waals surface area contributed by atoms with Crippen molar-refractivity contribution < 1.29 is 9.53 Å². The van der Waals surface area contributed by atoms with E-state index >= 15 is 0 Å². The smallest absolute Gasteiger partial charge is 0.331 e. The standard InChI is InChI=1S/C26H40O2/c1-19(15-16-23-21(3)14-11-17-26(23,8)9)12-10-13-20(2)18-24(27)28-22(4)25(5,6)7/h10,12-13,15-16,18,22H,11,14,17H2,1-9H3/b13-10+,16-15+,19-12-,20-18+. The van der Waals surface area contributed by atoms with Crippen LogP contribution in [0.25, 0.3) is 0 Å². The van der Waals surface area contributed by atoms with Gasteiger partial charge in [-0.2, -0.15) is 0 Å².